The van der Waals surface area contributed by atoms with Crippen LogP contribution in [0.5, 0.6) is 0 Å². The average molecular weight is 280 g/mol. The summed E-state index contributed by atoms with van der Waals surface area (Å²) in [6.07, 6.45) is -4.08. The fourth-order valence-corrected chi connectivity index (χ4v) is 2.67. The summed E-state index contributed by atoms with van der Waals surface area (Å²) in [5, 5.41) is 0. The van der Waals surface area contributed by atoms with Gasteiger partial charge >= 0.3 is 15.0 Å². The van der Waals surface area contributed by atoms with Gasteiger partial charge in [-0.1, -0.05) is 18.2 Å². The molecule has 0 spiro atoms. The highest BCUT2D eigenvalue weighted by atomic mass is 28.4. The maximum atomic E-state index is 12.5. The van der Waals surface area contributed by atoms with Crippen LogP contribution in [0.1, 0.15) is 11.1 Å². The van der Waals surface area contributed by atoms with Crippen LogP contribution in [0.3, 0.4) is 0 Å². The lowest BCUT2D eigenvalue weighted by atomic mass is 10.1. The normalized spacial score (nSPS) is 12.8. The van der Waals surface area contributed by atoms with E-state index in [-0.39, 0.29) is 12.5 Å². The van der Waals surface area contributed by atoms with Gasteiger partial charge in [-0.25, -0.2) is 0 Å². The Morgan fingerprint density at radius 2 is 1.83 bits per heavy atom. The number of aryl methyl sites for hydroxylation is 1. The first kappa shape index (κ1) is 15.2. The van der Waals surface area contributed by atoms with Gasteiger partial charge in [0.05, 0.1) is 5.56 Å². The minimum absolute atomic E-state index is 0.182. The molecule has 0 saturated heterocycles. The molecule has 1 N–H and O–H groups in total. The van der Waals surface area contributed by atoms with Crippen molar-refractivity contribution in [2.24, 2.45) is 0 Å². The molecule has 3 nitrogen and oxygen atoms in total. The number of rotatable bonds is 5. The van der Waals surface area contributed by atoms with Gasteiger partial charge in [0.1, 0.15) is 0 Å². The Morgan fingerprint density at radius 1 is 1.22 bits per heavy atom. The summed E-state index contributed by atoms with van der Waals surface area (Å²) in [6, 6.07) is 5.19. The maximum Gasteiger partial charge on any atom is 0.498 e. The van der Waals surface area contributed by atoms with E-state index in [1.54, 1.807) is 6.07 Å². The monoisotopic (exact) mass is 280 g/mol. The number of hydrogen-bond acceptors (Lipinski definition) is 3. The van der Waals surface area contributed by atoms with E-state index in [9.17, 15) is 18.0 Å². The summed E-state index contributed by atoms with van der Waals surface area (Å²) in [4.78, 5) is 9.79. The minimum atomic E-state index is -4.35. The molecule has 0 atom stereocenters. The second-order valence-corrected chi connectivity index (χ2v) is 6.56. The second kappa shape index (κ2) is 5.83. The highest BCUT2D eigenvalue weighted by Crippen LogP contribution is 2.30. The molecule has 1 aromatic carbocycles. The number of hydrogen-bond donors (Lipinski definition) is 1. The standard InChI is InChI=1S/C11H15F3O3Si/c1-16-18(15,17-2)7-6-9-4-3-5-10(8-9)11(12,13)14/h3-5,8,15H,6-7H2,1-2H3. The van der Waals surface area contributed by atoms with Gasteiger partial charge in [-0.2, -0.15) is 13.2 Å². The molecule has 0 amide bonds. The predicted molar refractivity (Wildman–Crippen MR) is 61.9 cm³/mol. The molecule has 0 aliphatic rings. The van der Waals surface area contributed by atoms with E-state index in [0.717, 1.165) is 12.1 Å². The summed E-state index contributed by atoms with van der Waals surface area (Å²) in [6.45, 7) is 0. The first-order chi connectivity index (χ1) is 8.30. The molecule has 18 heavy (non-hydrogen) atoms. The largest absolute Gasteiger partial charge is 0.498 e. The van der Waals surface area contributed by atoms with Gasteiger partial charge in [-0.3, -0.25) is 0 Å². The van der Waals surface area contributed by atoms with Gasteiger partial charge in [-0.05, 0) is 18.1 Å². The van der Waals surface area contributed by atoms with Crippen LogP contribution in [-0.2, 0) is 21.4 Å². The fraction of sp³-hybridized carbons (Fsp3) is 0.455. The first-order valence-electron chi connectivity index (χ1n) is 5.29. The number of alkyl halides is 3. The smallest absolute Gasteiger partial charge is 0.390 e. The summed E-state index contributed by atoms with van der Waals surface area (Å²) in [7, 11) is -0.582. The van der Waals surface area contributed by atoms with Crippen LogP contribution in [0.4, 0.5) is 13.2 Å². The van der Waals surface area contributed by atoms with E-state index in [2.05, 4.69) is 0 Å². The third-order valence-electron chi connectivity index (χ3n) is 2.62. The van der Waals surface area contributed by atoms with Gasteiger partial charge in [0.15, 0.2) is 0 Å². The predicted octanol–water partition coefficient (Wildman–Crippen LogP) is 2.47. The van der Waals surface area contributed by atoms with Gasteiger partial charge in [0.2, 0.25) is 0 Å². The quantitative estimate of drug-likeness (QED) is 0.842. The second-order valence-electron chi connectivity index (χ2n) is 3.82. The van der Waals surface area contributed by atoms with Crippen LogP contribution < -0.4 is 0 Å². The van der Waals surface area contributed by atoms with Gasteiger partial charge in [0.25, 0.3) is 0 Å². The Labute approximate surface area is 105 Å². The molecular formula is C11H15F3O3Si. The van der Waals surface area contributed by atoms with Crippen molar-refractivity contribution in [2.45, 2.75) is 18.6 Å². The molecule has 0 heterocycles. The molecule has 1 rings (SSSR count). The van der Waals surface area contributed by atoms with Crippen LogP contribution in [0.25, 0.3) is 0 Å². The lowest BCUT2D eigenvalue weighted by Gasteiger charge is -2.19. The first-order valence-corrected chi connectivity index (χ1v) is 7.26. The van der Waals surface area contributed by atoms with Crippen molar-refractivity contribution in [1.29, 1.82) is 0 Å². The molecule has 0 radical (unpaired) electrons. The molecule has 7 heteroatoms. The number of halogens is 3. The summed E-state index contributed by atoms with van der Waals surface area (Å²) in [5.74, 6) is 0. The molecule has 1 aromatic rings. The fourth-order valence-electron chi connectivity index (χ4n) is 1.49. The van der Waals surface area contributed by atoms with Crippen molar-refractivity contribution < 1.29 is 26.8 Å². The van der Waals surface area contributed by atoms with Crippen LogP contribution in [0.15, 0.2) is 24.3 Å². The molecule has 0 bridgehead atoms. The lowest BCUT2D eigenvalue weighted by Crippen LogP contribution is -2.40. The Morgan fingerprint density at radius 3 is 2.33 bits per heavy atom. The van der Waals surface area contributed by atoms with Crippen LogP contribution >= 0.6 is 0 Å². The third kappa shape index (κ3) is 4.09. The average Bonchev–Trinajstić information content (AvgIpc) is 2.35. The molecule has 102 valence electrons. The SMILES string of the molecule is CO[Si](O)(CCc1cccc(C(F)(F)F)c1)OC. The Bertz CT molecular complexity index is 391. The van der Waals surface area contributed by atoms with Gasteiger partial charge in [0, 0.05) is 20.3 Å². The summed E-state index contributed by atoms with van der Waals surface area (Å²) >= 11 is 0. The highest BCUT2D eigenvalue weighted by molar-refractivity contribution is 6.59. The Hall–Kier alpha value is -0.893. The third-order valence-corrected chi connectivity index (χ3v) is 4.78. The minimum Gasteiger partial charge on any atom is -0.390 e. The van der Waals surface area contributed by atoms with Crippen LogP contribution in [0, 0.1) is 0 Å². The van der Waals surface area contributed by atoms with Crippen LogP contribution in [0.2, 0.25) is 6.04 Å². The van der Waals surface area contributed by atoms with Gasteiger partial charge < -0.3 is 13.6 Å². The molecule has 0 aliphatic carbocycles. The van der Waals surface area contributed by atoms with Crippen molar-refractivity contribution in [3.05, 3.63) is 35.4 Å². The van der Waals surface area contributed by atoms with Crippen molar-refractivity contribution in [2.75, 3.05) is 14.2 Å². The number of benzene rings is 1. The molecule has 0 unspecified atom stereocenters. The Kier molecular flexibility index (Phi) is 4.91. The summed E-state index contributed by atoms with van der Waals surface area (Å²) in [5.41, 5.74) is -0.204. The van der Waals surface area contributed by atoms with E-state index in [1.165, 1.54) is 20.3 Å². The molecular weight excluding hydrogens is 265 g/mol. The van der Waals surface area contributed by atoms with E-state index in [4.69, 9.17) is 8.85 Å². The van der Waals surface area contributed by atoms with Crippen molar-refractivity contribution >= 4 is 8.80 Å². The van der Waals surface area contributed by atoms with Crippen molar-refractivity contribution in [1.82, 2.24) is 0 Å². The molecule has 0 aliphatic heterocycles. The molecule has 0 saturated carbocycles. The van der Waals surface area contributed by atoms with E-state index in [0.29, 0.717) is 5.56 Å². The van der Waals surface area contributed by atoms with E-state index < -0.39 is 20.5 Å². The van der Waals surface area contributed by atoms with E-state index >= 15 is 0 Å². The zero-order valence-electron chi connectivity index (χ0n) is 10.1. The zero-order valence-corrected chi connectivity index (χ0v) is 11.1. The topological polar surface area (TPSA) is 38.7 Å². The highest BCUT2D eigenvalue weighted by Gasteiger charge is 2.34. The van der Waals surface area contributed by atoms with Crippen molar-refractivity contribution in [3.63, 3.8) is 0 Å². The lowest BCUT2D eigenvalue weighted by molar-refractivity contribution is -0.137. The molecule has 0 fully saturated rings. The zero-order chi connectivity index (χ0) is 13.8. The summed E-state index contributed by atoms with van der Waals surface area (Å²) < 4.78 is 47.2. The van der Waals surface area contributed by atoms with Crippen LogP contribution in [-0.4, -0.2) is 27.8 Å². The van der Waals surface area contributed by atoms with Gasteiger partial charge in [-0.15, -0.1) is 0 Å². The van der Waals surface area contributed by atoms with E-state index in [1.807, 2.05) is 0 Å². The molecule has 0 aromatic heterocycles. The van der Waals surface area contributed by atoms with Crippen molar-refractivity contribution in [3.8, 4) is 0 Å². The Balaban J connectivity index is 2.75. The maximum absolute atomic E-state index is 12.5.